The standard InChI is InChI=1S/C18H24N2O/c1-2-15-12-18(21)20(13-15)17-9-5-4-8-16(17)14-19-10-6-3-7-11-19/h2,4-5,8-9,15H,1,3,6-7,10-14H2. The van der Waals surface area contributed by atoms with E-state index < -0.39 is 0 Å². The molecule has 0 radical (unpaired) electrons. The molecule has 0 bridgehead atoms. The molecule has 3 rings (SSSR count). The summed E-state index contributed by atoms with van der Waals surface area (Å²) < 4.78 is 0. The SMILES string of the molecule is C=CC1CC(=O)N(c2ccccc2CN2CCCCC2)C1. The Hall–Kier alpha value is -1.61. The number of amides is 1. The van der Waals surface area contributed by atoms with Gasteiger partial charge in [0.1, 0.15) is 0 Å². The number of hydrogen-bond acceptors (Lipinski definition) is 2. The number of carbonyl (C=O) groups is 1. The van der Waals surface area contributed by atoms with Crippen molar-refractivity contribution >= 4 is 11.6 Å². The predicted molar refractivity (Wildman–Crippen MR) is 86.2 cm³/mol. The van der Waals surface area contributed by atoms with Gasteiger partial charge in [-0.1, -0.05) is 30.7 Å². The quantitative estimate of drug-likeness (QED) is 0.793. The fourth-order valence-electron chi connectivity index (χ4n) is 3.39. The maximum absolute atomic E-state index is 12.3. The summed E-state index contributed by atoms with van der Waals surface area (Å²) >= 11 is 0. The second-order valence-electron chi connectivity index (χ2n) is 6.17. The first-order valence-electron chi connectivity index (χ1n) is 8.01. The monoisotopic (exact) mass is 284 g/mol. The molecule has 1 unspecified atom stereocenters. The summed E-state index contributed by atoms with van der Waals surface area (Å²) in [6.45, 7) is 7.92. The first kappa shape index (κ1) is 14.3. The van der Waals surface area contributed by atoms with E-state index in [1.165, 1.54) is 37.9 Å². The number of carbonyl (C=O) groups excluding carboxylic acids is 1. The average molecular weight is 284 g/mol. The molecular weight excluding hydrogens is 260 g/mol. The molecule has 3 heteroatoms. The van der Waals surface area contributed by atoms with E-state index in [4.69, 9.17) is 0 Å². The lowest BCUT2D eigenvalue weighted by Crippen LogP contribution is -2.31. The highest BCUT2D eigenvalue weighted by Gasteiger charge is 2.30. The van der Waals surface area contributed by atoms with Crippen LogP contribution in [0, 0.1) is 5.92 Å². The molecule has 0 N–H and O–H groups in total. The Morgan fingerprint density at radius 2 is 1.95 bits per heavy atom. The molecule has 0 aromatic heterocycles. The van der Waals surface area contributed by atoms with E-state index in [1.807, 2.05) is 17.0 Å². The summed E-state index contributed by atoms with van der Waals surface area (Å²) in [5, 5.41) is 0. The summed E-state index contributed by atoms with van der Waals surface area (Å²) in [7, 11) is 0. The van der Waals surface area contributed by atoms with Crippen LogP contribution in [0.15, 0.2) is 36.9 Å². The molecule has 21 heavy (non-hydrogen) atoms. The van der Waals surface area contributed by atoms with Crippen molar-refractivity contribution in [1.29, 1.82) is 0 Å². The van der Waals surface area contributed by atoms with Gasteiger partial charge < -0.3 is 4.90 Å². The van der Waals surface area contributed by atoms with E-state index >= 15 is 0 Å². The largest absolute Gasteiger partial charge is 0.311 e. The Balaban J connectivity index is 1.79. The van der Waals surface area contributed by atoms with Crippen LogP contribution in [-0.2, 0) is 11.3 Å². The van der Waals surface area contributed by atoms with E-state index in [-0.39, 0.29) is 5.91 Å². The lowest BCUT2D eigenvalue weighted by atomic mass is 10.1. The van der Waals surface area contributed by atoms with Crippen molar-refractivity contribution in [2.75, 3.05) is 24.5 Å². The first-order valence-corrected chi connectivity index (χ1v) is 8.01. The second-order valence-corrected chi connectivity index (χ2v) is 6.17. The first-order chi connectivity index (χ1) is 10.3. The van der Waals surface area contributed by atoms with Crippen LogP contribution in [0.5, 0.6) is 0 Å². The van der Waals surface area contributed by atoms with E-state index in [9.17, 15) is 4.79 Å². The number of likely N-dealkylation sites (tertiary alicyclic amines) is 1. The molecule has 3 nitrogen and oxygen atoms in total. The van der Waals surface area contributed by atoms with Gasteiger partial charge in [-0.05, 0) is 37.6 Å². The van der Waals surface area contributed by atoms with Crippen LogP contribution < -0.4 is 4.90 Å². The fourth-order valence-corrected chi connectivity index (χ4v) is 3.39. The fraction of sp³-hybridized carbons (Fsp3) is 0.500. The van der Waals surface area contributed by atoms with Crippen LogP contribution in [-0.4, -0.2) is 30.4 Å². The predicted octanol–water partition coefficient (Wildman–Crippen LogP) is 3.21. The van der Waals surface area contributed by atoms with Crippen LogP contribution >= 0.6 is 0 Å². The Morgan fingerprint density at radius 3 is 2.67 bits per heavy atom. The van der Waals surface area contributed by atoms with Gasteiger partial charge in [0.2, 0.25) is 5.91 Å². The number of rotatable bonds is 4. The molecule has 0 spiro atoms. The molecule has 1 aromatic rings. The van der Waals surface area contributed by atoms with Gasteiger partial charge in [-0.3, -0.25) is 9.69 Å². The molecule has 112 valence electrons. The molecule has 1 amide bonds. The van der Waals surface area contributed by atoms with Gasteiger partial charge in [0, 0.05) is 31.1 Å². The van der Waals surface area contributed by atoms with E-state index in [1.54, 1.807) is 0 Å². The number of anilines is 1. The van der Waals surface area contributed by atoms with Crippen LogP contribution in [0.2, 0.25) is 0 Å². The molecular formula is C18H24N2O. The zero-order valence-corrected chi connectivity index (χ0v) is 12.6. The summed E-state index contributed by atoms with van der Waals surface area (Å²) in [5.41, 5.74) is 2.37. The van der Waals surface area contributed by atoms with Gasteiger partial charge in [-0.2, -0.15) is 0 Å². The molecule has 2 aliphatic rings. The summed E-state index contributed by atoms with van der Waals surface area (Å²) in [6.07, 6.45) is 6.45. The van der Waals surface area contributed by atoms with Crippen molar-refractivity contribution in [1.82, 2.24) is 4.90 Å². The average Bonchev–Trinajstić information content (AvgIpc) is 2.90. The lowest BCUT2D eigenvalue weighted by Gasteiger charge is -2.28. The Kier molecular flexibility index (Phi) is 4.39. The third-order valence-electron chi connectivity index (χ3n) is 4.61. The Bertz CT molecular complexity index is 520. The highest BCUT2D eigenvalue weighted by atomic mass is 16.2. The van der Waals surface area contributed by atoms with Gasteiger partial charge >= 0.3 is 0 Å². The summed E-state index contributed by atoms with van der Waals surface area (Å²) in [6, 6.07) is 8.36. The smallest absolute Gasteiger partial charge is 0.227 e. The number of piperidine rings is 1. The number of hydrogen-bond donors (Lipinski definition) is 0. The van der Waals surface area contributed by atoms with Crippen molar-refractivity contribution in [2.24, 2.45) is 5.92 Å². The molecule has 1 aromatic carbocycles. The lowest BCUT2D eigenvalue weighted by molar-refractivity contribution is -0.117. The van der Waals surface area contributed by atoms with E-state index in [0.29, 0.717) is 12.3 Å². The van der Waals surface area contributed by atoms with E-state index in [2.05, 4.69) is 29.7 Å². The van der Waals surface area contributed by atoms with Gasteiger partial charge in [0.25, 0.3) is 0 Å². The summed E-state index contributed by atoms with van der Waals surface area (Å²) in [4.78, 5) is 16.7. The second kappa shape index (κ2) is 6.44. The van der Waals surface area contributed by atoms with Crippen molar-refractivity contribution in [3.8, 4) is 0 Å². The molecule has 0 saturated carbocycles. The zero-order valence-electron chi connectivity index (χ0n) is 12.6. The van der Waals surface area contributed by atoms with Crippen LogP contribution in [0.3, 0.4) is 0 Å². The molecule has 2 saturated heterocycles. The molecule has 2 fully saturated rings. The van der Waals surface area contributed by atoms with Gasteiger partial charge in [0.15, 0.2) is 0 Å². The highest BCUT2D eigenvalue weighted by molar-refractivity contribution is 5.96. The van der Waals surface area contributed by atoms with Gasteiger partial charge in [0.05, 0.1) is 0 Å². The molecule has 1 atom stereocenters. The van der Waals surface area contributed by atoms with Crippen molar-refractivity contribution in [3.05, 3.63) is 42.5 Å². The van der Waals surface area contributed by atoms with Gasteiger partial charge in [-0.25, -0.2) is 0 Å². The number of benzene rings is 1. The van der Waals surface area contributed by atoms with Crippen LogP contribution in [0.25, 0.3) is 0 Å². The van der Waals surface area contributed by atoms with E-state index in [0.717, 1.165) is 18.8 Å². The third kappa shape index (κ3) is 3.18. The highest BCUT2D eigenvalue weighted by Crippen LogP contribution is 2.29. The topological polar surface area (TPSA) is 23.6 Å². The van der Waals surface area contributed by atoms with Crippen LogP contribution in [0.1, 0.15) is 31.2 Å². The minimum Gasteiger partial charge on any atom is -0.311 e. The maximum Gasteiger partial charge on any atom is 0.227 e. The van der Waals surface area contributed by atoms with Crippen LogP contribution in [0.4, 0.5) is 5.69 Å². The van der Waals surface area contributed by atoms with Crippen molar-refractivity contribution < 1.29 is 4.79 Å². The Labute approximate surface area is 127 Å². The zero-order chi connectivity index (χ0) is 14.7. The minimum atomic E-state index is 0.228. The number of para-hydroxylation sites is 1. The minimum absolute atomic E-state index is 0.228. The molecule has 0 aliphatic carbocycles. The maximum atomic E-state index is 12.3. The normalized spacial score (nSPS) is 23.5. The number of nitrogens with zero attached hydrogens (tertiary/aromatic N) is 2. The molecule has 2 aliphatic heterocycles. The summed E-state index contributed by atoms with van der Waals surface area (Å²) in [5.74, 6) is 0.520. The van der Waals surface area contributed by atoms with Crippen molar-refractivity contribution in [3.63, 3.8) is 0 Å². The van der Waals surface area contributed by atoms with Crippen molar-refractivity contribution in [2.45, 2.75) is 32.2 Å². The Morgan fingerprint density at radius 1 is 1.19 bits per heavy atom. The third-order valence-corrected chi connectivity index (χ3v) is 4.61. The molecule has 2 heterocycles. The van der Waals surface area contributed by atoms with Gasteiger partial charge in [-0.15, -0.1) is 6.58 Å².